The highest BCUT2D eigenvalue weighted by atomic mass is 19.1. The molecule has 2 N–H and O–H groups in total. The average molecular weight is 239 g/mol. The Balaban J connectivity index is 1.80. The van der Waals surface area contributed by atoms with Gasteiger partial charge in [0.15, 0.2) is 0 Å². The Bertz CT molecular complexity index is 336. The first-order chi connectivity index (χ1) is 8.25. The van der Waals surface area contributed by atoms with Gasteiger partial charge >= 0.3 is 0 Å². The predicted molar refractivity (Wildman–Crippen MR) is 63.2 cm³/mol. The van der Waals surface area contributed by atoms with Crippen molar-refractivity contribution in [2.24, 2.45) is 0 Å². The van der Waals surface area contributed by atoms with Crippen LogP contribution >= 0.6 is 0 Å². The fourth-order valence-corrected chi connectivity index (χ4v) is 1.98. The summed E-state index contributed by atoms with van der Waals surface area (Å²) in [6.07, 6.45) is 1.54. The first-order valence-electron chi connectivity index (χ1n) is 6.00. The van der Waals surface area contributed by atoms with E-state index in [1.165, 1.54) is 12.1 Å². The van der Waals surface area contributed by atoms with E-state index < -0.39 is 6.10 Å². The summed E-state index contributed by atoms with van der Waals surface area (Å²) in [6, 6.07) is 6.27. The van der Waals surface area contributed by atoms with Crippen LogP contribution < -0.4 is 5.32 Å². The molecule has 94 valence electrons. The number of halogens is 1. The van der Waals surface area contributed by atoms with Crippen molar-refractivity contribution in [3.05, 3.63) is 35.6 Å². The van der Waals surface area contributed by atoms with Gasteiger partial charge in [-0.05, 0) is 30.5 Å². The highest BCUT2D eigenvalue weighted by Gasteiger charge is 2.15. The van der Waals surface area contributed by atoms with Crippen molar-refractivity contribution in [1.82, 2.24) is 5.32 Å². The molecular formula is C13H18FNO2. The van der Waals surface area contributed by atoms with Gasteiger partial charge in [-0.1, -0.05) is 12.1 Å². The van der Waals surface area contributed by atoms with E-state index in [1.807, 2.05) is 0 Å². The van der Waals surface area contributed by atoms with E-state index in [1.54, 1.807) is 12.1 Å². The molecule has 1 heterocycles. The summed E-state index contributed by atoms with van der Waals surface area (Å²) >= 11 is 0. The summed E-state index contributed by atoms with van der Waals surface area (Å²) in [7, 11) is 0. The van der Waals surface area contributed by atoms with Crippen LogP contribution in [0.25, 0.3) is 0 Å². The van der Waals surface area contributed by atoms with Crippen LogP contribution in [-0.4, -0.2) is 30.9 Å². The molecule has 17 heavy (non-hydrogen) atoms. The van der Waals surface area contributed by atoms with Gasteiger partial charge in [0, 0.05) is 19.2 Å². The number of nitrogens with one attached hydrogen (secondary N) is 1. The number of aliphatic hydroxyl groups is 1. The third kappa shape index (κ3) is 3.77. The Hall–Kier alpha value is -0.970. The topological polar surface area (TPSA) is 41.5 Å². The number of aliphatic hydroxyl groups excluding tert-OH is 1. The molecule has 0 saturated carbocycles. The highest BCUT2D eigenvalue weighted by Crippen LogP contribution is 2.13. The quantitative estimate of drug-likeness (QED) is 0.839. The molecule has 0 bridgehead atoms. The van der Waals surface area contributed by atoms with E-state index in [2.05, 4.69) is 5.32 Å². The van der Waals surface area contributed by atoms with E-state index in [9.17, 15) is 9.50 Å². The Morgan fingerprint density at radius 1 is 1.41 bits per heavy atom. The third-order valence-corrected chi connectivity index (χ3v) is 3.01. The van der Waals surface area contributed by atoms with Crippen molar-refractivity contribution >= 4 is 0 Å². The average Bonchev–Trinajstić information content (AvgIpc) is 2.38. The van der Waals surface area contributed by atoms with Gasteiger partial charge in [0.05, 0.1) is 12.7 Å². The molecule has 2 unspecified atom stereocenters. The van der Waals surface area contributed by atoms with Crippen molar-refractivity contribution in [3.63, 3.8) is 0 Å². The molecule has 0 spiro atoms. The Kier molecular flexibility index (Phi) is 4.48. The number of hydrogen-bond acceptors (Lipinski definition) is 3. The van der Waals surface area contributed by atoms with Crippen LogP contribution in [0.15, 0.2) is 24.3 Å². The zero-order valence-corrected chi connectivity index (χ0v) is 9.73. The van der Waals surface area contributed by atoms with E-state index >= 15 is 0 Å². The van der Waals surface area contributed by atoms with Gasteiger partial charge in [0.25, 0.3) is 0 Å². The maximum atomic E-state index is 12.7. The van der Waals surface area contributed by atoms with Crippen LogP contribution in [0.4, 0.5) is 4.39 Å². The van der Waals surface area contributed by atoms with E-state index in [-0.39, 0.29) is 5.82 Å². The van der Waals surface area contributed by atoms with Crippen molar-refractivity contribution < 1.29 is 14.2 Å². The maximum absolute atomic E-state index is 12.7. The van der Waals surface area contributed by atoms with E-state index in [4.69, 9.17) is 4.74 Å². The molecule has 1 aromatic rings. The third-order valence-electron chi connectivity index (χ3n) is 3.01. The SMILES string of the molecule is OC(CNC1CCCOC1)c1ccc(F)cc1. The smallest absolute Gasteiger partial charge is 0.123 e. The molecule has 4 heteroatoms. The molecule has 3 nitrogen and oxygen atoms in total. The molecule has 0 radical (unpaired) electrons. The predicted octanol–water partition coefficient (Wildman–Crippen LogP) is 1.63. The normalized spacial score (nSPS) is 22.4. The lowest BCUT2D eigenvalue weighted by Gasteiger charge is -2.24. The molecule has 0 aromatic heterocycles. The summed E-state index contributed by atoms with van der Waals surface area (Å²) in [6.45, 7) is 2.01. The minimum atomic E-state index is -0.600. The molecule has 0 aliphatic carbocycles. The zero-order chi connectivity index (χ0) is 12.1. The van der Waals surface area contributed by atoms with Crippen molar-refractivity contribution in [2.45, 2.75) is 25.0 Å². The molecule has 0 amide bonds. The van der Waals surface area contributed by atoms with Crippen LogP contribution in [0, 0.1) is 5.82 Å². The molecular weight excluding hydrogens is 221 g/mol. The fraction of sp³-hybridized carbons (Fsp3) is 0.538. The van der Waals surface area contributed by atoms with Crippen LogP contribution in [0.5, 0.6) is 0 Å². The molecule has 1 aliphatic rings. The Labute approximate surface area is 101 Å². The number of benzene rings is 1. The summed E-state index contributed by atoms with van der Waals surface area (Å²) in [4.78, 5) is 0. The molecule has 1 aliphatic heterocycles. The highest BCUT2D eigenvalue weighted by molar-refractivity contribution is 5.18. The summed E-state index contributed by atoms with van der Waals surface area (Å²) in [5.41, 5.74) is 0.732. The minimum absolute atomic E-state index is 0.283. The van der Waals surface area contributed by atoms with Gasteiger partial charge in [-0.2, -0.15) is 0 Å². The van der Waals surface area contributed by atoms with Crippen molar-refractivity contribution in [2.75, 3.05) is 19.8 Å². The largest absolute Gasteiger partial charge is 0.387 e. The second-order valence-electron chi connectivity index (χ2n) is 4.39. The molecule has 1 fully saturated rings. The standard InChI is InChI=1S/C13H18FNO2/c14-11-5-3-10(4-6-11)13(16)8-15-12-2-1-7-17-9-12/h3-6,12-13,15-16H,1-2,7-9H2. The molecule has 2 rings (SSSR count). The lowest BCUT2D eigenvalue weighted by molar-refractivity contribution is 0.0639. The summed E-state index contributed by atoms with van der Waals surface area (Å²) < 4.78 is 18.1. The van der Waals surface area contributed by atoms with Gasteiger partial charge < -0.3 is 15.2 Å². The van der Waals surface area contributed by atoms with Crippen molar-refractivity contribution in [1.29, 1.82) is 0 Å². The van der Waals surface area contributed by atoms with Gasteiger partial charge in [0.1, 0.15) is 5.82 Å². The van der Waals surface area contributed by atoms with Gasteiger partial charge in [0.2, 0.25) is 0 Å². The second kappa shape index (κ2) is 6.10. The van der Waals surface area contributed by atoms with Crippen LogP contribution in [0.3, 0.4) is 0 Å². The lowest BCUT2D eigenvalue weighted by Crippen LogP contribution is -2.38. The number of rotatable bonds is 4. The van der Waals surface area contributed by atoms with Gasteiger partial charge in [-0.25, -0.2) is 4.39 Å². The Morgan fingerprint density at radius 3 is 2.82 bits per heavy atom. The first kappa shape index (κ1) is 12.5. The van der Waals surface area contributed by atoms with E-state index in [0.29, 0.717) is 19.2 Å². The first-order valence-corrected chi connectivity index (χ1v) is 6.00. The van der Waals surface area contributed by atoms with Crippen LogP contribution in [0.2, 0.25) is 0 Å². The molecule has 1 saturated heterocycles. The van der Waals surface area contributed by atoms with Gasteiger partial charge in [-0.3, -0.25) is 0 Å². The Morgan fingerprint density at radius 2 is 2.18 bits per heavy atom. The molecule has 1 aromatic carbocycles. The lowest BCUT2D eigenvalue weighted by atomic mass is 10.1. The summed E-state index contributed by atoms with van der Waals surface area (Å²) in [5.74, 6) is -0.283. The maximum Gasteiger partial charge on any atom is 0.123 e. The monoisotopic (exact) mass is 239 g/mol. The minimum Gasteiger partial charge on any atom is -0.387 e. The van der Waals surface area contributed by atoms with Crippen LogP contribution in [-0.2, 0) is 4.74 Å². The zero-order valence-electron chi connectivity index (χ0n) is 9.73. The number of ether oxygens (including phenoxy) is 1. The van der Waals surface area contributed by atoms with Gasteiger partial charge in [-0.15, -0.1) is 0 Å². The van der Waals surface area contributed by atoms with Crippen LogP contribution in [0.1, 0.15) is 24.5 Å². The number of hydrogen-bond donors (Lipinski definition) is 2. The second-order valence-corrected chi connectivity index (χ2v) is 4.39. The summed E-state index contributed by atoms with van der Waals surface area (Å²) in [5, 5.41) is 13.2. The molecule has 2 atom stereocenters. The van der Waals surface area contributed by atoms with E-state index in [0.717, 1.165) is 25.0 Å². The van der Waals surface area contributed by atoms with Crippen molar-refractivity contribution in [3.8, 4) is 0 Å². The fourth-order valence-electron chi connectivity index (χ4n) is 1.98.